The lowest BCUT2D eigenvalue weighted by atomic mass is 9.90. The molecule has 0 amide bonds. The Balaban J connectivity index is 2.60. The van der Waals surface area contributed by atoms with Gasteiger partial charge in [0.2, 0.25) is 0 Å². The molecule has 0 saturated carbocycles. The number of carboxylic acid groups (broad SMARTS) is 1. The largest absolute Gasteiger partial charge is 0.493 e. The predicted octanol–water partition coefficient (Wildman–Crippen LogP) is 3.18. The molecule has 94 valence electrons. The molecule has 3 heteroatoms. The zero-order valence-electron chi connectivity index (χ0n) is 10.9. The van der Waals surface area contributed by atoms with Gasteiger partial charge in [-0.1, -0.05) is 18.2 Å². The zero-order valence-corrected chi connectivity index (χ0v) is 10.9. The van der Waals surface area contributed by atoms with Crippen molar-refractivity contribution >= 4 is 5.97 Å². The number of aliphatic carboxylic acids is 1. The van der Waals surface area contributed by atoms with Crippen molar-refractivity contribution < 1.29 is 14.6 Å². The van der Waals surface area contributed by atoms with Gasteiger partial charge >= 0.3 is 5.97 Å². The minimum absolute atomic E-state index is 0.422. The van der Waals surface area contributed by atoms with E-state index in [0.717, 1.165) is 16.9 Å². The van der Waals surface area contributed by atoms with E-state index in [1.54, 1.807) is 13.8 Å². The van der Waals surface area contributed by atoms with E-state index in [4.69, 9.17) is 9.84 Å². The lowest BCUT2D eigenvalue weighted by molar-refractivity contribution is -0.147. The summed E-state index contributed by atoms with van der Waals surface area (Å²) in [6.45, 7) is 7.83. The van der Waals surface area contributed by atoms with Crippen LogP contribution in [0, 0.1) is 19.3 Å². The van der Waals surface area contributed by atoms with Crippen LogP contribution in [0.1, 0.15) is 31.4 Å². The van der Waals surface area contributed by atoms with E-state index < -0.39 is 11.4 Å². The van der Waals surface area contributed by atoms with Crippen molar-refractivity contribution in [2.45, 2.75) is 34.1 Å². The maximum Gasteiger partial charge on any atom is 0.309 e. The van der Waals surface area contributed by atoms with Gasteiger partial charge in [-0.3, -0.25) is 4.79 Å². The van der Waals surface area contributed by atoms with Gasteiger partial charge in [0.1, 0.15) is 5.75 Å². The predicted molar refractivity (Wildman–Crippen MR) is 67.4 cm³/mol. The molecule has 1 aromatic rings. The molecule has 0 aromatic heterocycles. The monoisotopic (exact) mass is 236 g/mol. The second-order valence-corrected chi connectivity index (χ2v) is 5.01. The third kappa shape index (κ3) is 3.48. The fourth-order valence-corrected chi connectivity index (χ4v) is 1.54. The van der Waals surface area contributed by atoms with Gasteiger partial charge in [-0.2, -0.15) is 0 Å². The lowest BCUT2D eigenvalue weighted by Crippen LogP contribution is -2.26. The summed E-state index contributed by atoms with van der Waals surface area (Å²) in [6.07, 6.45) is 0.496. The van der Waals surface area contributed by atoms with E-state index in [9.17, 15) is 4.79 Å². The highest BCUT2D eigenvalue weighted by atomic mass is 16.5. The summed E-state index contributed by atoms with van der Waals surface area (Å²) < 4.78 is 5.69. The summed E-state index contributed by atoms with van der Waals surface area (Å²) in [7, 11) is 0. The van der Waals surface area contributed by atoms with Crippen LogP contribution in [0.3, 0.4) is 0 Å². The van der Waals surface area contributed by atoms with Crippen molar-refractivity contribution in [1.29, 1.82) is 0 Å². The third-order valence-corrected chi connectivity index (χ3v) is 2.96. The number of hydrogen-bond acceptors (Lipinski definition) is 2. The minimum atomic E-state index is -0.789. The van der Waals surface area contributed by atoms with Crippen molar-refractivity contribution in [1.82, 2.24) is 0 Å². The topological polar surface area (TPSA) is 46.5 Å². The number of hydrogen-bond donors (Lipinski definition) is 1. The molecule has 0 aliphatic heterocycles. The van der Waals surface area contributed by atoms with E-state index in [-0.39, 0.29) is 0 Å². The van der Waals surface area contributed by atoms with Crippen molar-refractivity contribution in [2.75, 3.05) is 6.61 Å². The molecule has 0 radical (unpaired) electrons. The van der Waals surface area contributed by atoms with Crippen molar-refractivity contribution in [3.63, 3.8) is 0 Å². The zero-order chi connectivity index (χ0) is 13.1. The average molecular weight is 236 g/mol. The molecular formula is C14H20O3. The molecule has 1 aromatic carbocycles. The lowest BCUT2D eigenvalue weighted by Gasteiger charge is -2.20. The summed E-state index contributed by atoms with van der Waals surface area (Å²) in [6, 6.07) is 5.97. The van der Waals surface area contributed by atoms with E-state index in [0.29, 0.717) is 13.0 Å². The summed E-state index contributed by atoms with van der Waals surface area (Å²) in [5.41, 5.74) is 1.42. The molecule has 0 heterocycles. The Morgan fingerprint density at radius 2 is 1.82 bits per heavy atom. The summed E-state index contributed by atoms with van der Waals surface area (Å²) in [5.74, 6) is 0.0799. The SMILES string of the molecule is Cc1cccc(C)c1OCCC(C)(C)C(=O)O. The number of rotatable bonds is 5. The first-order valence-electron chi connectivity index (χ1n) is 5.77. The van der Waals surface area contributed by atoms with Crippen LogP contribution in [0.15, 0.2) is 18.2 Å². The number of aryl methyl sites for hydroxylation is 2. The van der Waals surface area contributed by atoms with Crippen LogP contribution < -0.4 is 4.74 Å². The van der Waals surface area contributed by atoms with E-state index >= 15 is 0 Å². The highest BCUT2D eigenvalue weighted by molar-refractivity contribution is 5.73. The first kappa shape index (κ1) is 13.6. The summed E-state index contributed by atoms with van der Waals surface area (Å²) in [4.78, 5) is 10.9. The third-order valence-electron chi connectivity index (χ3n) is 2.96. The standard InChI is InChI=1S/C14H20O3/c1-10-6-5-7-11(2)12(10)17-9-8-14(3,4)13(15)16/h5-7H,8-9H2,1-4H3,(H,15,16). The molecule has 0 unspecified atom stereocenters. The van der Waals surface area contributed by atoms with Gasteiger partial charge in [-0.25, -0.2) is 0 Å². The first-order valence-corrected chi connectivity index (χ1v) is 5.77. The Hall–Kier alpha value is -1.51. The molecule has 17 heavy (non-hydrogen) atoms. The quantitative estimate of drug-likeness (QED) is 0.854. The minimum Gasteiger partial charge on any atom is -0.493 e. The summed E-state index contributed by atoms with van der Waals surface area (Å²) >= 11 is 0. The van der Waals surface area contributed by atoms with Crippen molar-refractivity contribution in [3.8, 4) is 5.75 Å². The van der Waals surface area contributed by atoms with E-state index in [1.165, 1.54) is 0 Å². The smallest absolute Gasteiger partial charge is 0.309 e. The number of benzene rings is 1. The fourth-order valence-electron chi connectivity index (χ4n) is 1.54. The molecule has 1 N–H and O–H groups in total. The Morgan fingerprint density at radius 1 is 1.29 bits per heavy atom. The van der Waals surface area contributed by atoms with Gasteiger partial charge in [-0.15, -0.1) is 0 Å². The van der Waals surface area contributed by atoms with Crippen molar-refractivity contribution in [2.24, 2.45) is 5.41 Å². The molecule has 0 atom stereocenters. The Kier molecular flexibility index (Phi) is 4.16. The molecule has 1 rings (SSSR count). The molecule has 0 bridgehead atoms. The maximum atomic E-state index is 10.9. The normalized spacial score (nSPS) is 11.3. The van der Waals surface area contributed by atoms with Crippen LogP contribution in [0.4, 0.5) is 0 Å². The molecule has 0 saturated heterocycles. The van der Waals surface area contributed by atoms with Gasteiger partial charge < -0.3 is 9.84 Å². The van der Waals surface area contributed by atoms with Crippen molar-refractivity contribution in [3.05, 3.63) is 29.3 Å². The summed E-state index contributed by atoms with van der Waals surface area (Å²) in [5, 5.41) is 8.99. The van der Waals surface area contributed by atoms with Gasteiger partial charge in [0.25, 0.3) is 0 Å². The Bertz CT molecular complexity index is 388. The number of para-hydroxylation sites is 1. The van der Waals surface area contributed by atoms with Crippen LogP contribution in [0.2, 0.25) is 0 Å². The molecule has 0 fully saturated rings. The molecule has 3 nitrogen and oxygen atoms in total. The van der Waals surface area contributed by atoms with Gasteiger partial charge in [0.15, 0.2) is 0 Å². The second kappa shape index (κ2) is 5.21. The maximum absolute atomic E-state index is 10.9. The van der Waals surface area contributed by atoms with E-state index in [2.05, 4.69) is 0 Å². The molecule has 0 spiro atoms. The van der Waals surface area contributed by atoms with E-state index in [1.807, 2.05) is 32.0 Å². The van der Waals surface area contributed by atoms with Crippen LogP contribution >= 0.6 is 0 Å². The molecule has 0 aliphatic rings. The highest BCUT2D eigenvalue weighted by Crippen LogP contribution is 2.25. The van der Waals surface area contributed by atoms with Crippen LogP contribution in [-0.4, -0.2) is 17.7 Å². The van der Waals surface area contributed by atoms with Crippen LogP contribution in [0.5, 0.6) is 5.75 Å². The van der Waals surface area contributed by atoms with Gasteiger partial charge in [-0.05, 0) is 45.2 Å². The Morgan fingerprint density at radius 3 is 2.29 bits per heavy atom. The average Bonchev–Trinajstić information content (AvgIpc) is 2.22. The number of ether oxygens (including phenoxy) is 1. The highest BCUT2D eigenvalue weighted by Gasteiger charge is 2.26. The van der Waals surface area contributed by atoms with Gasteiger partial charge in [0, 0.05) is 0 Å². The van der Waals surface area contributed by atoms with Crippen LogP contribution in [-0.2, 0) is 4.79 Å². The first-order chi connectivity index (χ1) is 7.84. The second-order valence-electron chi connectivity index (χ2n) is 5.01. The number of carboxylic acids is 1. The molecule has 0 aliphatic carbocycles. The molecular weight excluding hydrogens is 216 g/mol. The van der Waals surface area contributed by atoms with Gasteiger partial charge in [0.05, 0.1) is 12.0 Å². The fraction of sp³-hybridized carbons (Fsp3) is 0.500. The number of carbonyl (C=O) groups is 1. The van der Waals surface area contributed by atoms with Crippen LogP contribution in [0.25, 0.3) is 0 Å². The Labute approximate surface area is 102 Å².